The Labute approximate surface area is 114 Å². The van der Waals surface area contributed by atoms with Gasteiger partial charge in [-0.05, 0) is 54.0 Å². The first kappa shape index (κ1) is 13.0. The standard InChI is InChI=1S/C13H15BrN2O2/c1-9(2)16-12(14)7-15-13(16)8-18-11-5-3-10(17)4-6-11/h3-7,9,17H,8H2,1-2H3. The minimum absolute atomic E-state index is 0.230. The fourth-order valence-corrected chi connectivity index (χ4v) is 2.43. The van der Waals surface area contributed by atoms with Gasteiger partial charge in [-0.15, -0.1) is 0 Å². The van der Waals surface area contributed by atoms with Crippen LogP contribution in [-0.4, -0.2) is 14.7 Å². The molecular formula is C13H15BrN2O2. The van der Waals surface area contributed by atoms with Gasteiger partial charge in [0.25, 0.3) is 0 Å². The predicted octanol–water partition coefficient (Wildman–Crippen LogP) is 3.51. The van der Waals surface area contributed by atoms with Crippen LogP contribution in [0.3, 0.4) is 0 Å². The van der Waals surface area contributed by atoms with Crippen molar-refractivity contribution in [3.8, 4) is 11.5 Å². The summed E-state index contributed by atoms with van der Waals surface area (Å²) >= 11 is 3.47. The Morgan fingerprint density at radius 1 is 1.33 bits per heavy atom. The van der Waals surface area contributed by atoms with Gasteiger partial charge < -0.3 is 14.4 Å². The number of hydrogen-bond acceptors (Lipinski definition) is 3. The van der Waals surface area contributed by atoms with Crippen molar-refractivity contribution in [2.45, 2.75) is 26.5 Å². The number of phenols is 1. The van der Waals surface area contributed by atoms with Crippen LogP contribution in [-0.2, 0) is 6.61 Å². The monoisotopic (exact) mass is 310 g/mol. The first-order valence-corrected chi connectivity index (χ1v) is 6.50. The highest BCUT2D eigenvalue weighted by Gasteiger charge is 2.11. The Hall–Kier alpha value is -1.49. The second-order valence-corrected chi connectivity index (χ2v) is 5.06. The van der Waals surface area contributed by atoms with E-state index in [1.807, 2.05) is 0 Å². The molecule has 0 saturated carbocycles. The third-order valence-corrected chi connectivity index (χ3v) is 3.14. The summed E-state index contributed by atoms with van der Waals surface area (Å²) in [4.78, 5) is 4.31. The Kier molecular flexibility index (Phi) is 3.91. The Bertz CT molecular complexity index is 520. The maximum atomic E-state index is 9.18. The molecule has 1 aromatic heterocycles. The average molecular weight is 311 g/mol. The quantitative estimate of drug-likeness (QED) is 0.940. The fourth-order valence-electron chi connectivity index (χ4n) is 1.72. The second kappa shape index (κ2) is 5.44. The molecule has 0 fully saturated rings. The van der Waals surface area contributed by atoms with Crippen molar-refractivity contribution in [2.75, 3.05) is 0 Å². The van der Waals surface area contributed by atoms with Crippen molar-refractivity contribution < 1.29 is 9.84 Å². The number of halogens is 1. The highest BCUT2D eigenvalue weighted by Crippen LogP contribution is 2.21. The van der Waals surface area contributed by atoms with Gasteiger partial charge in [0, 0.05) is 6.04 Å². The van der Waals surface area contributed by atoms with Crippen LogP contribution < -0.4 is 4.74 Å². The Morgan fingerprint density at radius 3 is 2.61 bits per heavy atom. The van der Waals surface area contributed by atoms with Gasteiger partial charge in [-0.3, -0.25) is 0 Å². The molecule has 96 valence electrons. The molecule has 2 aromatic rings. The van der Waals surface area contributed by atoms with Gasteiger partial charge in [-0.1, -0.05) is 0 Å². The predicted molar refractivity (Wildman–Crippen MR) is 72.8 cm³/mol. The number of imidazole rings is 1. The van der Waals surface area contributed by atoms with Crippen LogP contribution in [0.1, 0.15) is 25.7 Å². The van der Waals surface area contributed by atoms with E-state index < -0.39 is 0 Å². The number of aromatic hydroxyl groups is 1. The SMILES string of the molecule is CC(C)n1c(Br)cnc1COc1ccc(O)cc1. The molecule has 5 heteroatoms. The van der Waals surface area contributed by atoms with Crippen LogP contribution in [0.2, 0.25) is 0 Å². The van der Waals surface area contributed by atoms with Gasteiger partial charge in [0.05, 0.1) is 6.20 Å². The van der Waals surface area contributed by atoms with Crippen molar-refractivity contribution in [1.29, 1.82) is 0 Å². The molecule has 4 nitrogen and oxygen atoms in total. The van der Waals surface area contributed by atoms with Crippen molar-refractivity contribution in [3.05, 3.63) is 40.9 Å². The number of nitrogens with zero attached hydrogens (tertiary/aromatic N) is 2. The molecule has 0 bridgehead atoms. The maximum Gasteiger partial charge on any atom is 0.147 e. The largest absolute Gasteiger partial charge is 0.508 e. The highest BCUT2D eigenvalue weighted by molar-refractivity contribution is 9.10. The molecule has 0 saturated heterocycles. The minimum Gasteiger partial charge on any atom is -0.508 e. The number of ether oxygens (including phenoxy) is 1. The van der Waals surface area contributed by atoms with Crippen molar-refractivity contribution >= 4 is 15.9 Å². The molecule has 0 aliphatic heterocycles. The summed E-state index contributed by atoms with van der Waals surface area (Å²) < 4.78 is 8.65. The second-order valence-electron chi connectivity index (χ2n) is 4.24. The van der Waals surface area contributed by atoms with E-state index in [0.717, 1.165) is 10.4 Å². The Balaban J connectivity index is 2.08. The summed E-state index contributed by atoms with van der Waals surface area (Å²) in [7, 11) is 0. The summed E-state index contributed by atoms with van der Waals surface area (Å²) in [6.45, 7) is 4.58. The number of hydrogen-bond donors (Lipinski definition) is 1. The lowest BCUT2D eigenvalue weighted by molar-refractivity contribution is 0.285. The van der Waals surface area contributed by atoms with Crippen LogP contribution in [0.4, 0.5) is 0 Å². The van der Waals surface area contributed by atoms with Crippen LogP contribution >= 0.6 is 15.9 Å². The molecule has 0 amide bonds. The van der Waals surface area contributed by atoms with E-state index >= 15 is 0 Å². The third-order valence-electron chi connectivity index (χ3n) is 2.55. The molecular weight excluding hydrogens is 296 g/mol. The zero-order chi connectivity index (χ0) is 13.1. The van der Waals surface area contributed by atoms with Crippen molar-refractivity contribution in [2.24, 2.45) is 0 Å². The van der Waals surface area contributed by atoms with Gasteiger partial charge in [-0.25, -0.2) is 4.98 Å². The first-order valence-electron chi connectivity index (χ1n) is 5.71. The summed E-state index contributed by atoms with van der Waals surface area (Å²) in [6, 6.07) is 6.97. The topological polar surface area (TPSA) is 47.3 Å². The molecule has 1 aromatic carbocycles. The van der Waals surface area contributed by atoms with Gasteiger partial charge in [0.2, 0.25) is 0 Å². The van der Waals surface area contributed by atoms with E-state index in [4.69, 9.17) is 4.74 Å². The summed E-state index contributed by atoms with van der Waals surface area (Å²) in [5, 5.41) is 9.18. The lowest BCUT2D eigenvalue weighted by atomic mass is 10.3. The lowest BCUT2D eigenvalue weighted by Crippen LogP contribution is -2.09. The van der Waals surface area contributed by atoms with Gasteiger partial charge >= 0.3 is 0 Å². The molecule has 0 radical (unpaired) electrons. The van der Waals surface area contributed by atoms with E-state index in [-0.39, 0.29) is 5.75 Å². The highest BCUT2D eigenvalue weighted by atomic mass is 79.9. The number of benzene rings is 1. The molecule has 1 N–H and O–H groups in total. The number of aromatic nitrogens is 2. The summed E-state index contributed by atoms with van der Waals surface area (Å²) in [5.41, 5.74) is 0. The molecule has 0 atom stereocenters. The average Bonchev–Trinajstić information content (AvgIpc) is 2.70. The molecule has 18 heavy (non-hydrogen) atoms. The molecule has 0 spiro atoms. The lowest BCUT2D eigenvalue weighted by Gasteiger charge is -2.13. The normalized spacial score (nSPS) is 10.9. The number of rotatable bonds is 4. The van der Waals surface area contributed by atoms with E-state index in [1.54, 1.807) is 30.5 Å². The molecule has 0 aliphatic rings. The molecule has 0 aliphatic carbocycles. The maximum absolute atomic E-state index is 9.18. The van der Waals surface area contributed by atoms with Gasteiger partial charge in [0.1, 0.15) is 28.5 Å². The van der Waals surface area contributed by atoms with Crippen LogP contribution in [0.5, 0.6) is 11.5 Å². The fraction of sp³-hybridized carbons (Fsp3) is 0.308. The van der Waals surface area contributed by atoms with Crippen LogP contribution in [0.15, 0.2) is 35.1 Å². The van der Waals surface area contributed by atoms with E-state index in [1.165, 1.54) is 0 Å². The number of phenolic OH excluding ortho intramolecular Hbond substituents is 1. The van der Waals surface area contributed by atoms with Crippen LogP contribution in [0, 0.1) is 0 Å². The van der Waals surface area contributed by atoms with Crippen molar-refractivity contribution in [3.63, 3.8) is 0 Å². The molecule has 1 heterocycles. The van der Waals surface area contributed by atoms with E-state index in [9.17, 15) is 5.11 Å². The van der Waals surface area contributed by atoms with E-state index in [2.05, 4.69) is 39.3 Å². The van der Waals surface area contributed by atoms with Crippen LogP contribution in [0.25, 0.3) is 0 Å². The third kappa shape index (κ3) is 2.85. The summed E-state index contributed by atoms with van der Waals surface area (Å²) in [6.07, 6.45) is 1.77. The molecule has 0 unspecified atom stereocenters. The first-order chi connectivity index (χ1) is 8.58. The smallest absolute Gasteiger partial charge is 0.147 e. The Morgan fingerprint density at radius 2 is 2.00 bits per heavy atom. The molecule has 2 rings (SSSR count). The zero-order valence-electron chi connectivity index (χ0n) is 10.3. The zero-order valence-corrected chi connectivity index (χ0v) is 11.9. The van der Waals surface area contributed by atoms with Crippen molar-refractivity contribution in [1.82, 2.24) is 9.55 Å². The minimum atomic E-state index is 0.230. The van der Waals surface area contributed by atoms with E-state index in [0.29, 0.717) is 18.4 Å². The van der Waals surface area contributed by atoms with Gasteiger partial charge in [0.15, 0.2) is 0 Å². The summed E-state index contributed by atoms with van der Waals surface area (Å²) in [5.74, 6) is 1.81. The van der Waals surface area contributed by atoms with Gasteiger partial charge in [-0.2, -0.15) is 0 Å².